The molecular formula is C26H20Cl2N2O3S2. The zero-order valence-corrected chi connectivity index (χ0v) is 21.8. The Morgan fingerprint density at radius 2 is 1.71 bits per heavy atom. The maximum absolute atomic E-state index is 12.7. The van der Waals surface area contributed by atoms with Crippen molar-refractivity contribution in [1.29, 1.82) is 0 Å². The van der Waals surface area contributed by atoms with Crippen LogP contribution in [0.25, 0.3) is 10.4 Å². The number of carbonyl (C=O) groups excluding carboxylic acids is 2. The molecule has 0 aliphatic carbocycles. The summed E-state index contributed by atoms with van der Waals surface area (Å²) in [5, 5.41) is 13.4. The highest BCUT2D eigenvalue weighted by atomic mass is 35.5. The minimum atomic E-state index is -0.179. The summed E-state index contributed by atoms with van der Waals surface area (Å²) in [7, 11) is 0. The molecule has 178 valence electrons. The molecule has 1 aromatic carbocycles. The summed E-state index contributed by atoms with van der Waals surface area (Å²) < 4.78 is 0. The van der Waals surface area contributed by atoms with Crippen molar-refractivity contribution < 1.29 is 14.7 Å². The number of pyridine rings is 1. The average molecular weight is 543 g/mol. The van der Waals surface area contributed by atoms with Gasteiger partial charge in [-0.05, 0) is 60.9 Å². The van der Waals surface area contributed by atoms with Crippen LogP contribution in [0.15, 0.2) is 65.2 Å². The minimum absolute atomic E-state index is 0.00331. The van der Waals surface area contributed by atoms with Gasteiger partial charge in [-0.3, -0.25) is 19.6 Å². The largest absolute Gasteiger partial charge is 0.506 e. The van der Waals surface area contributed by atoms with Gasteiger partial charge in [0.1, 0.15) is 12.3 Å². The topological polar surface area (TPSA) is 79.6 Å². The van der Waals surface area contributed by atoms with E-state index >= 15 is 0 Å². The lowest BCUT2D eigenvalue weighted by Gasteiger charge is -2.03. The predicted octanol–water partition coefficient (Wildman–Crippen LogP) is 7.39. The number of carbonyl (C=O) groups is 2. The van der Waals surface area contributed by atoms with E-state index < -0.39 is 0 Å². The summed E-state index contributed by atoms with van der Waals surface area (Å²) in [6.45, 7) is 1.67. The summed E-state index contributed by atoms with van der Waals surface area (Å²) in [6.07, 6.45) is 4.40. The molecule has 0 amide bonds. The molecule has 0 fully saturated rings. The molecule has 35 heavy (non-hydrogen) atoms. The molecule has 3 heterocycles. The van der Waals surface area contributed by atoms with Crippen molar-refractivity contribution in [2.75, 3.05) is 6.54 Å². The van der Waals surface area contributed by atoms with Crippen molar-refractivity contribution in [1.82, 2.24) is 4.98 Å². The second-order valence-corrected chi connectivity index (χ2v) is 10.5. The van der Waals surface area contributed by atoms with Crippen LogP contribution in [0.2, 0.25) is 10.0 Å². The number of Topliss-reactive ketones (excluding diaryl/α,β-unsaturated/α-hetero) is 2. The quantitative estimate of drug-likeness (QED) is 0.176. The molecule has 0 atom stereocenters. The summed E-state index contributed by atoms with van der Waals surface area (Å²) in [6, 6.07) is 12.3. The van der Waals surface area contributed by atoms with Gasteiger partial charge in [0.15, 0.2) is 11.6 Å². The van der Waals surface area contributed by atoms with Crippen LogP contribution in [-0.2, 0) is 6.42 Å². The van der Waals surface area contributed by atoms with Crippen LogP contribution < -0.4 is 0 Å². The molecule has 0 bridgehead atoms. The monoisotopic (exact) mass is 542 g/mol. The van der Waals surface area contributed by atoms with Crippen LogP contribution in [0, 0.1) is 0 Å². The van der Waals surface area contributed by atoms with Gasteiger partial charge < -0.3 is 5.11 Å². The normalized spacial score (nSPS) is 11.6. The maximum Gasteiger partial charge on any atom is 0.194 e. The Morgan fingerprint density at radius 3 is 2.43 bits per heavy atom. The zero-order valence-electron chi connectivity index (χ0n) is 18.6. The van der Waals surface area contributed by atoms with Gasteiger partial charge in [0.2, 0.25) is 0 Å². The maximum atomic E-state index is 12.7. The second-order valence-electron chi connectivity index (χ2n) is 7.72. The molecule has 9 heteroatoms. The van der Waals surface area contributed by atoms with Crippen molar-refractivity contribution in [3.63, 3.8) is 0 Å². The van der Waals surface area contributed by atoms with Crippen LogP contribution in [0.4, 0.5) is 0 Å². The lowest BCUT2D eigenvalue weighted by atomic mass is 10.1. The number of thiophene rings is 2. The number of hydrogen-bond donors (Lipinski definition) is 1. The molecule has 5 nitrogen and oxygen atoms in total. The van der Waals surface area contributed by atoms with E-state index in [0.717, 1.165) is 11.1 Å². The Kier molecular flexibility index (Phi) is 8.13. The van der Waals surface area contributed by atoms with E-state index in [0.29, 0.717) is 48.8 Å². The van der Waals surface area contributed by atoms with Crippen molar-refractivity contribution in [2.24, 2.45) is 4.99 Å². The SMILES string of the molecule is CC(=NCC(=O)c1ccc(C(=O)CCc2ccncc2)s1)c1csc(-c2ccc(Cl)c(Cl)c2)c1O. The minimum Gasteiger partial charge on any atom is -0.506 e. The smallest absolute Gasteiger partial charge is 0.194 e. The van der Waals surface area contributed by atoms with Gasteiger partial charge in [-0.2, -0.15) is 0 Å². The Labute approximate surface area is 220 Å². The Balaban J connectivity index is 1.40. The Bertz CT molecular complexity index is 1410. The van der Waals surface area contributed by atoms with E-state index in [-0.39, 0.29) is 23.9 Å². The van der Waals surface area contributed by atoms with Crippen molar-refractivity contribution in [2.45, 2.75) is 19.8 Å². The number of aryl methyl sites for hydroxylation is 1. The molecule has 0 saturated carbocycles. The van der Waals surface area contributed by atoms with E-state index in [1.165, 1.54) is 22.7 Å². The first-order valence-corrected chi connectivity index (χ1v) is 13.1. The molecule has 0 radical (unpaired) electrons. The highest BCUT2D eigenvalue weighted by Gasteiger charge is 2.17. The van der Waals surface area contributed by atoms with E-state index in [4.69, 9.17) is 23.2 Å². The fourth-order valence-electron chi connectivity index (χ4n) is 3.37. The second kappa shape index (κ2) is 11.3. The van der Waals surface area contributed by atoms with Gasteiger partial charge in [-0.1, -0.05) is 29.3 Å². The van der Waals surface area contributed by atoms with Crippen LogP contribution in [-0.4, -0.2) is 33.9 Å². The third kappa shape index (κ3) is 6.05. The molecule has 0 saturated heterocycles. The lowest BCUT2D eigenvalue weighted by molar-refractivity contribution is 0.0984. The lowest BCUT2D eigenvalue weighted by Crippen LogP contribution is -2.04. The summed E-state index contributed by atoms with van der Waals surface area (Å²) >= 11 is 14.6. The fraction of sp³-hybridized carbons (Fsp3) is 0.154. The number of aliphatic imine (C=N–C) groups is 1. The Hall–Kier alpha value is -2.84. The van der Waals surface area contributed by atoms with Gasteiger partial charge in [0.05, 0.1) is 24.7 Å². The van der Waals surface area contributed by atoms with Gasteiger partial charge in [0, 0.05) is 35.5 Å². The van der Waals surface area contributed by atoms with Crippen LogP contribution >= 0.6 is 45.9 Å². The fourth-order valence-corrected chi connectivity index (χ4v) is 5.58. The summed E-state index contributed by atoms with van der Waals surface area (Å²) in [5.41, 5.74) is 2.90. The summed E-state index contributed by atoms with van der Waals surface area (Å²) in [4.78, 5) is 35.2. The number of hydrogen-bond acceptors (Lipinski definition) is 7. The molecule has 0 spiro atoms. The van der Waals surface area contributed by atoms with Crippen LogP contribution in [0.1, 0.15) is 43.8 Å². The first-order valence-electron chi connectivity index (χ1n) is 10.7. The first kappa shape index (κ1) is 25.3. The number of aromatic nitrogens is 1. The predicted molar refractivity (Wildman–Crippen MR) is 144 cm³/mol. The molecule has 4 rings (SSSR count). The number of benzene rings is 1. The Morgan fingerprint density at radius 1 is 1.00 bits per heavy atom. The number of halogens is 2. The molecular weight excluding hydrogens is 523 g/mol. The van der Waals surface area contributed by atoms with Gasteiger partial charge in [-0.15, -0.1) is 22.7 Å². The van der Waals surface area contributed by atoms with E-state index in [1.807, 2.05) is 12.1 Å². The third-order valence-electron chi connectivity index (χ3n) is 5.34. The highest BCUT2D eigenvalue weighted by Crippen LogP contribution is 2.40. The first-order chi connectivity index (χ1) is 16.8. The van der Waals surface area contributed by atoms with Crippen molar-refractivity contribution >= 4 is 63.2 Å². The summed E-state index contributed by atoms with van der Waals surface area (Å²) in [5.74, 6) is -0.0918. The van der Waals surface area contributed by atoms with Crippen LogP contribution in [0.3, 0.4) is 0 Å². The van der Waals surface area contributed by atoms with E-state index in [1.54, 1.807) is 55.0 Å². The zero-order chi connectivity index (χ0) is 24.9. The number of aromatic hydroxyl groups is 1. The van der Waals surface area contributed by atoms with Gasteiger partial charge in [0.25, 0.3) is 0 Å². The van der Waals surface area contributed by atoms with Gasteiger partial charge in [-0.25, -0.2) is 0 Å². The van der Waals surface area contributed by atoms with E-state index in [9.17, 15) is 14.7 Å². The molecule has 0 unspecified atom stereocenters. The van der Waals surface area contributed by atoms with E-state index in [2.05, 4.69) is 9.98 Å². The standard InChI is InChI=1S/C26H20Cl2N2O3S2/c1-15(18-14-34-26(25(18)33)17-3-4-19(27)20(28)12-17)30-13-22(32)24-7-6-23(35-24)21(31)5-2-16-8-10-29-11-9-16/h3-4,6-12,14,33H,2,5,13H2,1H3. The molecule has 0 aliphatic heterocycles. The molecule has 1 N–H and O–H groups in total. The molecule has 0 aliphatic rings. The van der Waals surface area contributed by atoms with Crippen molar-refractivity contribution in [3.05, 3.63) is 91.2 Å². The number of nitrogens with zero attached hydrogens (tertiary/aromatic N) is 2. The molecule has 4 aromatic rings. The van der Waals surface area contributed by atoms with Crippen molar-refractivity contribution in [3.8, 4) is 16.2 Å². The number of ketones is 2. The average Bonchev–Trinajstić information content (AvgIpc) is 3.51. The molecule has 3 aromatic heterocycles. The third-order valence-corrected chi connectivity index (χ3v) is 8.27. The highest BCUT2D eigenvalue weighted by molar-refractivity contribution is 7.16. The number of rotatable bonds is 9. The van der Waals surface area contributed by atoms with Gasteiger partial charge >= 0.3 is 0 Å². The van der Waals surface area contributed by atoms with Crippen LogP contribution in [0.5, 0.6) is 5.75 Å².